The molecule has 1 unspecified atom stereocenters. The number of carbonyl (C=O) groups is 1. The first-order valence-electron chi connectivity index (χ1n) is 6.93. The largest absolute Gasteiger partial charge is 0.481 e. The average Bonchev–Trinajstić information content (AvgIpc) is 2.41. The van der Waals surface area contributed by atoms with Crippen LogP contribution in [0.4, 0.5) is 0 Å². The van der Waals surface area contributed by atoms with Crippen molar-refractivity contribution in [3.05, 3.63) is 34.3 Å². The third-order valence-corrected chi connectivity index (χ3v) is 4.45. The normalized spacial score (nSPS) is 18.9. The number of aliphatic carboxylic acids is 1. The molecule has 1 aliphatic heterocycles. The maximum Gasteiger partial charge on any atom is 0.312 e. The van der Waals surface area contributed by atoms with E-state index in [2.05, 4.69) is 11.9 Å². The van der Waals surface area contributed by atoms with Crippen molar-refractivity contribution in [1.82, 2.24) is 4.90 Å². The Kier molecular flexibility index (Phi) is 5.02. The molecule has 0 radical (unpaired) electrons. The van der Waals surface area contributed by atoms with Crippen LogP contribution < -0.4 is 5.73 Å². The van der Waals surface area contributed by atoms with Gasteiger partial charge in [0.05, 0.1) is 5.92 Å². The number of carboxylic acids is 1. The van der Waals surface area contributed by atoms with E-state index < -0.39 is 11.9 Å². The summed E-state index contributed by atoms with van der Waals surface area (Å²) in [5, 5.41) is 9.80. The predicted molar refractivity (Wildman–Crippen MR) is 80.4 cm³/mol. The number of hydrogen-bond donors (Lipinski definition) is 2. The topological polar surface area (TPSA) is 66.6 Å². The van der Waals surface area contributed by atoms with Gasteiger partial charge in [-0.1, -0.05) is 23.7 Å². The average molecular weight is 297 g/mol. The van der Waals surface area contributed by atoms with Crippen molar-refractivity contribution in [2.45, 2.75) is 24.7 Å². The number of nitrogens with zero attached hydrogens (tertiary/aromatic N) is 1. The van der Waals surface area contributed by atoms with E-state index in [4.69, 9.17) is 22.4 Å². The van der Waals surface area contributed by atoms with Gasteiger partial charge >= 0.3 is 5.97 Å². The highest BCUT2D eigenvalue weighted by Gasteiger charge is 2.23. The summed E-state index contributed by atoms with van der Waals surface area (Å²) in [5.74, 6) is -1.12. The molecule has 0 aliphatic carbocycles. The Morgan fingerprint density at radius 2 is 2.15 bits per heavy atom. The molecular weight excluding hydrogens is 276 g/mol. The lowest BCUT2D eigenvalue weighted by Crippen LogP contribution is -2.29. The Bertz CT molecular complexity index is 485. The van der Waals surface area contributed by atoms with Gasteiger partial charge in [0.25, 0.3) is 0 Å². The summed E-state index contributed by atoms with van der Waals surface area (Å²) >= 11 is 6.36. The van der Waals surface area contributed by atoms with Crippen LogP contribution >= 0.6 is 11.6 Å². The first-order valence-corrected chi connectivity index (χ1v) is 7.31. The Morgan fingerprint density at radius 3 is 2.65 bits per heavy atom. The Morgan fingerprint density at radius 1 is 1.50 bits per heavy atom. The van der Waals surface area contributed by atoms with Crippen molar-refractivity contribution < 1.29 is 9.90 Å². The molecule has 0 bridgehead atoms. The lowest BCUT2D eigenvalue weighted by Gasteiger charge is -2.30. The molecule has 1 atom stereocenters. The van der Waals surface area contributed by atoms with Crippen LogP contribution in [-0.4, -0.2) is 42.7 Å². The van der Waals surface area contributed by atoms with E-state index in [0.29, 0.717) is 16.5 Å². The van der Waals surface area contributed by atoms with E-state index in [1.807, 2.05) is 12.1 Å². The molecule has 0 amide bonds. The van der Waals surface area contributed by atoms with E-state index in [1.165, 1.54) is 0 Å². The first-order chi connectivity index (χ1) is 9.52. The molecule has 1 saturated heterocycles. The summed E-state index contributed by atoms with van der Waals surface area (Å²) in [5.41, 5.74) is 7.33. The van der Waals surface area contributed by atoms with Gasteiger partial charge in [-0.25, -0.2) is 0 Å². The van der Waals surface area contributed by atoms with Crippen LogP contribution in [0.3, 0.4) is 0 Å². The monoisotopic (exact) mass is 296 g/mol. The molecule has 20 heavy (non-hydrogen) atoms. The van der Waals surface area contributed by atoms with Crippen molar-refractivity contribution in [2.24, 2.45) is 5.73 Å². The summed E-state index contributed by atoms with van der Waals surface area (Å²) in [7, 11) is 2.12. The summed E-state index contributed by atoms with van der Waals surface area (Å²) < 4.78 is 0. The Labute approximate surface area is 124 Å². The van der Waals surface area contributed by atoms with Gasteiger partial charge < -0.3 is 15.7 Å². The number of hydrogen-bond acceptors (Lipinski definition) is 3. The zero-order chi connectivity index (χ0) is 14.7. The minimum Gasteiger partial charge on any atom is -0.481 e. The van der Waals surface area contributed by atoms with E-state index in [9.17, 15) is 4.79 Å². The van der Waals surface area contributed by atoms with Crippen LogP contribution in [-0.2, 0) is 4.79 Å². The van der Waals surface area contributed by atoms with E-state index in [-0.39, 0.29) is 6.54 Å². The molecular formula is C15H21ClN2O2. The zero-order valence-corrected chi connectivity index (χ0v) is 12.4. The van der Waals surface area contributed by atoms with Gasteiger partial charge in [-0.2, -0.15) is 0 Å². The maximum atomic E-state index is 11.1. The van der Waals surface area contributed by atoms with Crippen LogP contribution in [0.2, 0.25) is 5.02 Å². The van der Waals surface area contributed by atoms with Gasteiger partial charge in [-0.3, -0.25) is 4.79 Å². The fraction of sp³-hybridized carbons (Fsp3) is 0.533. The molecule has 4 nitrogen and oxygen atoms in total. The SMILES string of the molecule is CN1CCC(c2ccc(C(CN)C(=O)O)cc2Cl)CC1. The van der Waals surface area contributed by atoms with Gasteiger partial charge in [0.2, 0.25) is 0 Å². The van der Waals surface area contributed by atoms with E-state index in [0.717, 1.165) is 31.5 Å². The number of carboxylic acid groups (broad SMARTS) is 1. The Balaban J connectivity index is 2.19. The van der Waals surface area contributed by atoms with Crippen LogP contribution in [0.5, 0.6) is 0 Å². The molecule has 110 valence electrons. The van der Waals surface area contributed by atoms with E-state index >= 15 is 0 Å². The lowest BCUT2D eigenvalue weighted by molar-refractivity contribution is -0.138. The summed E-state index contributed by atoms with van der Waals surface area (Å²) in [6.45, 7) is 2.23. The van der Waals surface area contributed by atoms with Crippen LogP contribution in [0.15, 0.2) is 18.2 Å². The second-order valence-corrected chi connectivity index (χ2v) is 5.89. The second kappa shape index (κ2) is 6.57. The first kappa shape index (κ1) is 15.3. The van der Waals surface area contributed by atoms with Gasteiger partial charge in [0.1, 0.15) is 0 Å². The number of piperidine rings is 1. The van der Waals surface area contributed by atoms with Gasteiger partial charge in [-0.15, -0.1) is 0 Å². The standard InChI is InChI=1S/C15H21ClN2O2/c1-18-6-4-10(5-7-18)12-3-2-11(8-14(12)16)13(9-17)15(19)20/h2-3,8,10,13H,4-7,9,17H2,1H3,(H,19,20). The van der Waals surface area contributed by atoms with Crippen molar-refractivity contribution in [3.63, 3.8) is 0 Å². The molecule has 1 aromatic rings. The molecule has 0 aromatic heterocycles. The highest BCUT2D eigenvalue weighted by molar-refractivity contribution is 6.31. The van der Waals surface area contributed by atoms with Crippen LogP contribution in [0, 0.1) is 0 Å². The maximum absolute atomic E-state index is 11.1. The molecule has 1 heterocycles. The van der Waals surface area contributed by atoms with Gasteiger partial charge in [-0.05, 0) is 56.1 Å². The zero-order valence-electron chi connectivity index (χ0n) is 11.7. The van der Waals surface area contributed by atoms with Crippen molar-refractivity contribution in [3.8, 4) is 0 Å². The minimum absolute atomic E-state index is 0.0826. The molecule has 1 aliphatic rings. The number of likely N-dealkylation sites (tertiary alicyclic amines) is 1. The summed E-state index contributed by atoms with van der Waals surface area (Å²) in [6, 6.07) is 5.59. The highest BCUT2D eigenvalue weighted by Crippen LogP contribution is 2.34. The van der Waals surface area contributed by atoms with Crippen molar-refractivity contribution in [2.75, 3.05) is 26.7 Å². The van der Waals surface area contributed by atoms with Crippen molar-refractivity contribution in [1.29, 1.82) is 0 Å². The lowest BCUT2D eigenvalue weighted by atomic mass is 9.88. The molecule has 0 saturated carbocycles. The third-order valence-electron chi connectivity index (χ3n) is 4.12. The molecule has 0 spiro atoms. The molecule has 2 rings (SSSR count). The van der Waals surface area contributed by atoms with Crippen molar-refractivity contribution >= 4 is 17.6 Å². The Hall–Kier alpha value is -1.10. The smallest absolute Gasteiger partial charge is 0.312 e. The summed E-state index contributed by atoms with van der Waals surface area (Å²) in [6.07, 6.45) is 2.18. The van der Waals surface area contributed by atoms with E-state index in [1.54, 1.807) is 6.07 Å². The fourth-order valence-corrected chi connectivity index (χ4v) is 3.13. The fourth-order valence-electron chi connectivity index (χ4n) is 2.79. The number of benzene rings is 1. The molecule has 1 aromatic carbocycles. The van der Waals surface area contributed by atoms with Gasteiger partial charge in [0.15, 0.2) is 0 Å². The molecule has 5 heteroatoms. The molecule has 3 N–H and O–H groups in total. The predicted octanol–water partition coefficient (Wildman–Crippen LogP) is 2.28. The van der Waals surface area contributed by atoms with Gasteiger partial charge in [0, 0.05) is 11.6 Å². The summed E-state index contributed by atoms with van der Waals surface area (Å²) in [4.78, 5) is 13.4. The highest BCUT2D eigenvalue weighted by atomic mass is 35.5. The molecule has 1 fully saturated rings. The second-order valence-electron chi connectivity index (χ2n) is 5.49. The van der Waals surface area contributed by atoms with Crippen LogP contribution in [0.25, 0.3) is 0 Å². The van der Waals surface area contributed by atoms with Crippen LogP contribution in [0.1, 0.15) is 35.8 Å². The quantitative estimate of drug-likeness (QED) is 0.894. The minimum atomic E-state index is -0.907. The number of rotatable bonds is 4. The third kappa shape index (κ3) is 3.32. The number of halogens is 1. The number of nitrogens with two attached hydrogens (primary N) is 1.